The second kappa shape index (κ2) is 7.33. The summed E-state index contributed by atoms with van der Waals surface area (Å²) in [4.78, 5) is 2.78. The summed E-state index contributed by atoms with van der Waals surface area (Å²) in [5, 5.41) is 3.72. The molecular formula is C16H32N2S. The quantitative estimate of drug-likeness (QED) is 0.831. The average molecular weight is 285 g/mol. The highest BCUT2D eigenvalue weighted by Gasteiger charge is 2.36. The van der Waals surface area contributed by atoms with Gasteiger partial charge in [0.15, 0.2) is 0 Å². The van der Waals surface area contributed by atoms with Gasteiger partial charge in [0, 0.05) is 36.5 Å². The van der Waals surface area contributed by atoms with Gasteiger partial charge in [-0.2, -0.15) is 11.8 Å². The Hall–Kier alpha value is 0.270. The predicted octanol–water partition coefficient (Wildman–Crippen LogP) is 3.51. The van der Waals surface area contributed by atoms with E-state index in [1.54, 1.807) is 0 Å². The van der Waals surface area contributed by atoms with E-state index >= 15 is 0 Å². The molecule has 2 aliphatic rings. The van der Waals surface area contributed by atoms with Gasteiger partial charge in [-0.15, -0.1) is 0 Å². The fraction of sp³-hybridized carbons (Fsp3) is 1.00. The standard InChI is InChI=1S/C16H32N2S/c1-4-8-15-12-18(14(2)11-17-15)13-16(19-3)9-6-5-7-10-16/h14-15,17H,4-13H2,1-3H3. The molecule has 2 atom stereocenters. The summed E-state index contributed by atoms with van der Waals surface area (Å²) in [5.41, 5.74) is 0. The Morgan fingerprint density at radius 2 is 2.00 bits per heavy atom. The summed E-state index contributed by atoms with van der Waals surface area (Å²) in [5.74, 6) is 0. The first-order chi connectivity index (χ1) is 9.19. The lowest BCUT2D eigenvalue weighted by Crippen LogP contribution is -2.58. The van der Waals surface area contributed by atoms with Crippen molar-refractivity contribution < 1.29 is 0 Å². The zero-order chi connectivity index (χ0) is 13.7. The third-order valence-corrected chi connectivity index (χ3v) is 6.51. The number of nitrogens with zero attached hydrogens (tertiary/aromatic N) is 1. The lowest BCUT2D eigenvalue weighted by molar-refractivity contribution is 0.115. The van der Waals surface area contributed by atoms with E-state index < -0.39 is 0 Å². The third kappa shape index (κ3) is 4.12. The van der Waals surface area contributed by atoms with Crippen LogP contribution in [-0.2, 0) is 0 Å². The minimum absolute atomic E-state index is 0.556. The third-order valence-electron chi connectivity index (χ3n) is 5.11. The smallest absolute Gasteiger partial charge is 0.0284 e. The van der Waals surface area contributed by atoms with Crippen molar-refractivity contribution in [1.82, 2.24) is 10.2 Å². The topological polar surface area (TPSA) is 15.3 Å². The van der Waals surface area contributed by atoms with E-state index in [1.807, 2.05) is 0 Å². The van der Waals surface area contributed by atoms with Crippen molar-refractivity contribution in [2.45, 2.75) is 75.6 Å². The minimum Gasteiger partial charge on any atom is -0.311 e. The van der Waals surface area contributed by atoms with Crippen LogP contribution in [0.15, 0.2) is 0 Å². The molecule has 3 heteroatoms. The maximum atomic E-state index is 3.72. The molecule has 1 aliphatic heterocycles. The zero-order valence-corrected chi connectivity index (χ0v) is 13.9. The van der Waals surface area contributed by atoms with Crippen LogP contribution in [0.3, 0.4) is 0 Å². The Balaban J connectivity index is 1.94. The Kier molecular flexibility index (Phi) is 6.04. The van der Waals surface area contributed by atoms with Crippen molar-refractivity contribution in [3.05, 3.63) is 0 Å². The van der Waals surface area contributed by atoms with Gasteiger partial charge in [-0.25, -0.2) is 0 Å². The van der Waals surface area contributed by atoms with Crippen LogP contribution >= 0.6 is 11.8 Å². The summed E-state index contributed by atoms with van der Waals surface area (Å²) >= 11 is 2.14. The predicted molar refractivity (Wildman–Crippen MR) is 87.1 cm³/mol. The maximum Gasteiger partial charge on any atom is 0.0284 e. The molecule has 2 unspecified atom stereocenters. The van der Waals surface area contributed by atoms with E-state index in [2.05, 4.69) is 42.1 Å². The number of nitrogens with one attached hydrogen (secondary N) is 1. The summed E-state index contributed by atoms with van der Waals surface area (Å²) < 4.78 is 0.556. The molecular weight excluding hydrogens is 252 g/mol. The van der Waals surface area contributed by atoms with Gasteiger partial charge in [-0.1, -0.05) is 32.6 Å². The zero-order valence-electron chi connectivity index (χ0n) is 13.1. The van der Waals surface area contributed by atoms with E-state index in [0.29, 0.717) is 10.8 Å². The first-order valence-electron chi connectivity index (χ1n) is 8.22. The molecule has 0 aromatic rings. The van der Waals surface area contributed by atoms with Gasteiger partial charge < -0.3 is 5.32 Å². The van der Waals surface area contributed by atoms with Gasteiger partial charge in [0.25, 0.3) is 0 Å². The normalized spacial score (nSPS) is 32.4. The van der Waals surface area contributed by atoms with Crippen LogP contribution in [0.4, 0.5) is 0 Å². The molecule has 1 aliphatic carbocycles. The molecule has 1 saturated heterocycles. The molecule has 1 heterocycles. The van der Waals surface area contributed by atoms with Crippen LogP contribution in [0, 0.1) is 0 Å². The van der Waals surface area contributed by atoms with Gasteiger partial charge in [0.1, 0.15) is 0 Å². The highest BCUT2D eigenvalue weighted by molar-refractivity contribution is 8.00. The van der Waals surface area contributed by atoms with Crippen LogP contribution in [0.2, 0.25) is 0 Å². The van der Waals surface area contributed by atoms with Gasteiger partial charge in [0.2, 0.25) is 0 Å². The van der Waals surface area contributed by atoms with Crippen LogP contribution in [0.25, 0.3) is 0 Å². The molecule has 0 aromatic heterocycles. The number of rotatable bonds is 5. The van der Waals surface area contributed by atoms with Crippen LogP contribution < -0.4 is 5.32 Å². The summed E-state index contributed by atoms with van der Waals surface area (Å²) in [6, 6.07) is 1.43. The van der Waals surface area contributed by atoms with Gasteiger partial charge in [-0.05, 0) is 32.4 Å². The number of piperazine rings is 1. The second-order valence-electron chi connectivity index (χ2n) is 6.62. The monoisotopic (exact) mass is 284 g/mol. The van der Waals surface area contributed by atoms with Crippen molar-refractivity contribution in [3.63, 3.8) is 0 Å². The minimum atomic E-state index is 0.556. The molecule has 1 N–H and O–H groups in total. The maximum absolute atomic E-state index is 3.72. The summed E-state index contributed by atoms with van der Waals surface area (Å²) in [7, 11) is 0. The molecule has 112 valence electrons. The molecule has 0 radical (unpaired) electrons. The van der Waals surface area contributed by atoms with E-state index in [9.17, 15) is 0 Å². The summed E-state index contributed by atoms with van der Waals surface area (Å²) in [6.07, 6.45) is 12.2. The lowest BCUT2D eigenvalue weighted by atomic mass is 9.87. The SMILES string of the molecule is CCCC1CN(CC2(SC)CCCCC2)C(C)CN1. The largest absolute Gasteiger partial charge is 0.311 e. The van der Waals surface area contributed by atoms with Gasteiger partial charge in [0.05, 0.1) is 0 Å². The number of hydrogen-bond donors (Lipinski definition) is 1. The highest BCUT2D eigenvalue weighted by Crippen LogP contribution is 2.39. The van der Waals surface area contributed by atoms with Crippen molar-refractivity contribution in [2.24, 2.45) is 0 Å². The molecule has 2 nitrogen and oxygen atoms in total. The average Bonchev–Trinajstić information content (AvgIpc) is 2.44. The van der Waals surface area contributed by atoms with Crippen molar-refractivity contribution in [1.29, 1.82) is 0 Å². The second-order valence-corrected chi connectivity index (χ2v) is 7.89. The summed E-state index contributed by atoms with van der Waals surface area (Å²) in [6.45, 7) is 8.45. The molecule has 0 spiro atoms. The first-order valence-corrected chi connectivity index (χ1v) is 9.44. The fourth-order valence-electron chi connectivity index (χ4n) is 3.75. The van der Waals surface area contributed by atoms with Crippen molar-refractivity contribution in [2.75, 3.05) is 25.9 Å². The molecule has 1 saturated carbocycles. The molecule has 0 aromatic carbocycles. The highest BCUT2D eigenvalue weighted by atomic mass is 32.2. The first kappa shape index (κ1) is 15.7. The molecule has 0 bridgehead atoms. The Morgan fingerprint density at radius 1 is 1.26 bits per heavy atom. The lowest BCUT2D eigenvalue weighted by Gasteiger charge is -2.45. The van der Waals surface area contributed by atoms with Crippen LogP contribution in [0.1, 0.15) is 58.8 Å². The van der Waals surface area contributed by atoms with Gasteiger partial charge >= 0.3 is 0 Å². The number of hydrogen-bond acceptors (Lipinski definition) is 3. The van der Waals surface area contributed by atoms with Crippen molar-refractivity contribution >= 4 is 11.8 Å². The Bertz CT molecular complexity index is 263. The molecule has 0 amide bonds. The van der Waals surface area contributed by atoms with Crippen LogP contribution in [-0.4, -0.2) is 47.6 Å². The molecule has 19 heavy (non-hydrogen) atoms. The Labute approximate surface area is 124 Å². The molecule has 2 rings (SSSR count). The molecule has 2 fully saturated rings. The Morgan fingerprint density at radius 3 is 2.63 bits per heavy atom. The van der Waals surface area contributed by atoms with E-state index in [1.165, 1.54) is 64.6 Å². The van der Waals surface area contributed by atoms with E-state index in [4.69, 9.17) is 0 Å². The van der Waals surface area contributed by atoms with Crippen LogP contribution in [0.5, 0.6) is 0 Å². The van der Waals surface area contributed by atoms with Crippen molar-refractivity contribution in [3.8, 4) is 0 Å². The van der Waals surface area contributed by atoms with E-state index in [0.717, 1.165) is 6.04 Å². The number of thioether (sulfide) groups is 1. The van der Waals surface area contributed by atoms with E-state index in [-0.39, 0.29) is 0 Å². The van der Waals surface area contributed by atoms with Gasteiger partial charge in [-0.3, -0.25) is 4.90 Å². The fourth-order valence-corrected chi connectivity index (χ4v) is 4.74.